The van der Waals surface area contributed by atoms with Crippen molar-refractivity contribution in [3.05, 3.63) is 36.0 Å². The van der Waals surface area contributed by atoms with Crippen LogP contribution in [0.5, 0.6) is 0 Å². The summed E-state index contributed by atoms with van der Waals surface area (Å²) in [5.41, 5.74) is 2.56. The van der Waals surface area contributed by atoms with E-state index in [1.165, 1.54) is 22.9 Å². The Morgan fingerprint density at radius 2 is 2.33 bits per heavy atom. The molecule has 0 bridgehead atoms. The van der Waals surface area contributed by atoms with Crippen LogP contribution in [-0.2, 0) is 11.3 Å². The average Bonchev–Trinajstić information content (AvgIpc) is 2.97. The van der Waals surface area contributed by atoms with E-state index < -0.39 is 0 Å². The van der Waals surface area contributed by atoms with Crippen LogP contribution in [0.3, 0.4) is 0 Å². The maximum Gasteiger partial charge on any atom is 0.0779 e. The molecule has 1 atom stereocenters. The predicted molar refractivity (Wildman–Crippen MR) is 73.6 cm³/mol. The number of H-pyrrole nitrogens is 1. The third-order valence-electron chi connectivity index (χ3n) is 3.75. The molecule has 1 aliphatic rings. The summed E-state index contributed by atoms with van der Waals surface area (Å²) in [6.07, 6.45) is 4.33. The zero-order valence-electron chi connectivity index (χ0n) is 10.8. The molecule has 1 saturated heterocycles. The van der Waals surface area contributed by atoms with Crippen LogP contribution < -0.4 is 5.32 Å². The molecule has 0 radical (unpaired) electrons. The van der Waals surface area contributed by atoms with Crippen molar-refractivity contribution in [3.63, 3.8) is 0 Å². The van der Waals surface area contributed by atoms with Gasteiger partial charge in [-0.05, 0) is 48.9 Å². The molecular formula is C15H20N2O. The summed E-state index contributed by atoms with van der Waals surface area (Å²) in [6.45, 7) is 4.94. The molecule has 96 valence electrons. The standard InChI is InChI=1S/C15H20N2O/c1-15(6-2-8-18-15)11-16-10-12-3-4-14-13(9-12)5-7-17-14/h3-5,7,9,16-17H,2,6,8,10-11H2,1H3. The van der Waals surface area contributed by atoms with Crippen LogP contribution in [0.2, 0.25) is 0 Å². The van der Waals surface area contributed by atoms with Gasteiger partial charge < -0.3 is 15.0 Å². The van der Waals surface area contributed by atoms with Gasteiger partial charge in [0.15, 0.2) is 0 Å². The second-order valence-electron chi connectivity index (χ2n) is 5.40. The number of aromatic nitrogens is 1. The minimum absolute atomic E-state index is 0.0399. The van der Waals surface area contributed by atoms with Crippen molar-refractivity contribution in [1.29, 1.82) is 0 Å². The summed E-state index contributed by atoms with van der Waals surface area (Å²) >= 11 is 0. The van der Waals surface area contributed by atoms with Crippen molar-refractivity contribution in [1.82, 2.24) is 10.3 Å². The Kier molecular flexibility index (Phi) is 3.10. The minimum Gasteiger partial charge on any atom is -0.374 e. The normalized spacial score (nSPS) is 23.8. The van der Waals surface area contributed by atoms with Crippen LogP contribution >= 0.6 is 0 Å². The lowest BCUT2D eigenvalue weighted by molar-refractivity contribution is 0.0207. The van der Waals surface area contributed by atoms with Gasteiger partial charge in [-0.2, -0.15) is 0 Å². The molecule has 0 amide bonds. The topological polar surface area (TPSA) is 37.0 Å². The fourth-order valence-corrected chi connectivity index (χ4v) is 2.66. The third kappa shape index (κ3) is 2.42. The highest BCUT2D eigenvalue weighted by molar-refractivity contribution is 5.79. The van der Waals surface area contributed by atoms with Crippen LogP contribution in [0.1, 0.15) is 25.3 Å². The van der Waals surface area contributed by atoms with Crippen LogP contribution in [0.25, 0.3) is 10.9 Å². The summed E-state index contributed by atoms with van der Waals surface area (Å²) in [5, 5.41) is 4.78. The molecule has 0 spiro atoms. The van der Waals surface area contributed by atoms with Crippen molar-refractivity contribution in [3.8, 4) is 0 Å². The van der Waals surface area contributed by atoms with Gasteiger partial charge in [0, 0.05) is 31.4 Å². The van der Waals surface area contributed by atoms with Gasteiger partial charge in [-0.3, -0.25) is 0 Å². The lowest BCUT2D eigenvalue weighted by atomic mass is 10.0. The molecule has 2 aromatic rings. The van der Waals surface area contributed by atoms with Crippen LogP contribution in [0, 0.1) is 0 Å². The Morgan fingerprint density at radius 3 is 3.17 bits per heavy atom. The van der Waals surface area contributed by atoms with E-state index in [2.05, 4.69) is 41.5 Å². The Hall–Kier alpha value is -1.32. The van der Waals surface area contributed by atoms with E-state index in [1.54, 1.807) is 0 Å². The van der Waals surface area contributed by atoms with Crippen molar-refractivity contribution >= 4 is 10.9 Å². The number of fused-ring (bicyclic) bond motifs is 1. The Labute approximate surface area is 108 Å². The van der Waals surface area contributed by atoms with Crippen molar-refractivity contribution < 1.29 is 4.74 Å². The molecule has 3 heteroatoms. The molecule has 0 saturated carbocycles. The largest absolute Gasteiger partial charge is 0.374 e. The molecule has 3 nitrogen and oxygen atoms in total. The maximum atomic E-state index is 5.77. The number of nitrogens with one attached hydrogen (secondary N) is 2. The summed E-state index contributed by atoms with van der Waals surface area (Å²) in [6, 6.07) is 8.65. The predicted octanol–water partition coefficient (Wildman–Crippen LogP) is 2.83. The van der Waals surface area contributed by atoms with E-state index in [9.17, 15) is 0 Å². The number of ether oxygens (including phenoxy) is 1. The maximum absolute atomic E-state index is 5.77. The molecular weight excluding hydrogens is 224 g/mol. The van der Waals surface area contributed by atoms with E-state index in [1.807, 2.05) is 6.20 Å². The monoisotopic (exact) mass is 244 g/mol. The highest BCUT2D eigenvalue weighted by Gasteiger charge is 2.28. The van der Waals surface area contributed by atoms with Gasteiger partial charge >= 0.3 is 0 Å². The second kappa shape index (κ2) is 4.75. The van der Waals surface area contributed by atoms with Gasteiger partial charge in [0.25, 0.3) is 0 Å². The number of hydrogen-bond acceptors (Lipinski definition) is 2. The van der Waals surface area contributed by atoms with Gasteiger partial charge in [0.05, 0.1) is 5.60 Å². The molecule has 1 fully saturated rings. The van der Waals surface area contributed by atoms with Crippen LogP contribution in [0.4, 0.5) is 0 Å². The summed E-state index contributed by atoms with van der Waals surface area (Å²) in [4.78, 5) is 3.21. The lowest BCUT2D eigenvalue weighted by Gasteiger charge is -2.23. The molecule has 0 aliphatic carbocycles. The van der Waals surface area contributed by atoms with Crippen LogP contribution in [-0.4, -0.2) is 23.7 Å². The summed E-state index contributed by atoms with van der Waals surface area (Å²) in [7, 11) is 0. The molecule has 1 aromatic heterocycles. The molecule has 1 unspecified atom stereocenters. The summed E-state index contributed by atoms with van der Waals surface area (Å²) < 4.78 is 5.77. The first kappa shape index (κ1) is 11.8. The number of rotatable bonds is 4. The Morgan fingerprint density at radius 1 is 1.39 bits per heavy atom. The average molecular weight is 244 g/mol. The highest BCUT2D eigenvalue weighted by Crippen LogP contribution is 2.24. The van der Waals surface area contributed by atoms with E-state index >= 15 is 0 Å². The number of hydrogen-bond donors (Lipinski definition) is 2. The van der Waals surface area contributed by atoms with E-state index in [-0.39, 0.29) is 5.60 Å². The van der Waals surface area contributed by atoms with Gasteiger partial charge in [0.1, 0.15) is 0 Å². The van der Waals surface area contributed by atoms with E-state index in [4.69, 9.17) is 4.74 Å². The molecule has 1 aromatic carbocycles. The zero-order valence-corrected chi connectivity index (χ0v) is 10.8. The fraction of sp³-hybridized carbons (Fsp3) is 0.467. The van der Waals surface area contributed by atoms with Crippen molar-refractivity contribution in [2.24, 2.45) is 0 Å². The van der Waals surface area contributed by atoms with E-state index in [0.29, 0.717) is 0 Å². The first-order valence-electron chi connectivity index (χ1n) is 6.66. The first-order chi connectivity index (χ1) is 8.75. The lowest BCUT2D eigenvalue weighted by Crippen LogP contribution is -2.36. The molecule has 1 aliphatic heterocycles. The van der Waals surface area contributed by atoms with Gasteiger partial charge in [-0.1, -0.05) is 6.07 Å². The first-order valence-corrected chi connectivity index (χ1v) is 6.66. The van der Waals surface area contributed by atoms with Crippen LogP contribution in [0.15, 0.2) is 30.5 Å². The highest BCUT2D eigenvalue weighted by atomic mass is 16.5. The number of aromatic amines is 1. The SMILES string of the molecule is CC1(CNCc2ccc3[nH]ccc3c2)CCCO1. The smallest absolute Gasteiger partial charge is 0.0779 e. The molecule has 18 heavy (non-hydrogen) atoms. The van der Waals surface area contributed by atoms with Gasteiger partial charge in [-0.15, -0.1) is 0 Å². The third-order valence-corrected chi connectivity index (χ3v) is 3.75. The number of benzene rings is 1. The summed E-state index contributed by atoms with van der Waals surface area (Å²) in [5.74, 6) is 0. The van der Waals surface area contributed by atoms with Crippen molar-refractivity contribution in [2.75, 3.05) is 13.2 Å². The molecule has 3 rings (SSSR count). The zero-order chi connectivity index (χ0) is 12.4. The second-order valence-corrected chi connectivity index (χ2v) is 5.40. The van der Waals surface area contributed by atoms with Gasteiger partial charge in [-0.25, -0.2) is 0 Å². The minimum atomic E-state index is 0.0399. The quantitative estimate of drug-likeness (QED) is 0.867. The Bertz CT molecular complexity index is 526. The fourth-order valence-electron chi connectivity index (χ4n) is 2.66. The van der Waals surface area contributed by atoms with E-state index in [0.717, 1.165) is 26.1 Å². The van der Waals surface area contributed by atoms with Crippen molar-refractivity contribution in [2.45, 2.75) is 31.9 Å². The molecule has 2 heterocycles. The Balaban J connectivity index is 1.59. The van der Waals surface area contributed by atoms with Gasteiger partial charge in [0.2, 0.25) is 0 Å². The molecule has 2 N–H and O–H groups in total.